The summed E-state index contributed by atoms with van der Waals surface area (Å²) in [5.74, 6) is 0. The van der Waals surface area contributed by atoms with E-state index >= 15 is 0 Å². The summed E-state index contributed by atoms with van der Waals surface area (Å²) in [4.78, 5) is 0. The molecular formula is C11H17N3O2S. The van der Waals surface area contributed by atoms with Gasteiger partial charge >= 0.3 is 0 Å². The van der Waals surface area contributed by atoms with Crippen LogP contribution >= 0.6 is 0 Å². The molecule has 0 unspecified atom stereocenters. The Balaban J connectivity index is 1.88. The van der Waals surface area contributed by atoms with Gasteiger partial charge in [-0.2, -0.15) is 12.7 Å². The molecular weight excluding hydrogens is 238 g/mol. The molecule has 0 radical (unpaired) electrons. The zero-order valence-corrected chi connectivity index (χ0v) is 10.4. The van der Waals surface area contributed by atoms with E-state index in [1.165, 1.54) is 4.31 Å². The van der Waals surface area contributed by atoms with Gasteiger partial charge in [-0.3, -0.25) is 0 Å². The van der Waals surface area contributed by atoms with Crippen molar-refractivity contribution in [3.63, 3.8) is 0 Å². The summed E-state index contributed by atoms with van der Waals surface area (Å²) < 4.78 is 23.6. The van der Waals surface area contributed by atoms with Gasteiger partial charge in [-0.25, -0.2) is 5.14 Å². The van der Waals surface area contributed by atoms with Gasteiger partial charge in [0, 0.05) is 24.8 Å². The third-order valence-electron chi connectivity index (χ3n) is 2.96. The summed E-state index contributed by atoms with van der Waals surface area (Å²) in [6.45, 7) is 0.979. The Kier molecular flexibility index (Phi) is 3.66. The molecule has 0 saturated carbocycles. The maximum absolute atomic E-state index is 11.1. The molecule has 0 aliphatic carbocycles. The van der Waals surface area contributed by atoms with Gasteiger partial charge in [0.1, 0.15) is 0 Å². The molecule has 1 heterocycles. The van der Waals surface area contributed by atoms with E-state index in [0.717, 1.165) is 18.5 Å². The van der Waals surface area contributed by atoms with Gasteiger partial charge in [0.05, 0.1) is 0 Å². The second-order valence-electron chi connectivity index (χ2n) is 4.23. The minimum absolute atomic E-state index is 0.315. The summed E-state index contributed by atoms with van der Waals surface area (Å²) >= 11 is 0. The van der Waals surface area contributed by atoms with Gasteiger partial charge < -0.3 is 5.32 Å². The summed E-state index contributed by atoms with van der Waals surface area (Å²) in [5.41, 5.74) is 1.07. The van der Waals surface area contributed by atoms with Crippen molar-refractivity contribution in [3.05, 3.63) is 30.3 Å². The molecule has 3 N–H and O–H groups in total. The Morgan fingerprint density at radius 1 is 1.18 bits per heavy atom. The first-order valence-corrected chi connectivity index (χ1v) is 7.15. The van der Waals surface area contributed by atoms with Crippen LogP contribution in [0.3, 0.4) is 0 Å². The number of nitrogens with one attached hydrogen (secondary N) is 1. The Bertz CT molecular complexity index is 453. The Morgan fingerprint density at radius 3 is 2.29 bits per heavy atom. The van der Waals surface area contributed by atoms with E-state index in [-0.39, 0.29) is 0 Å². The SMILES string of the molecule is NS(=O)(=O)N1CCC(Nc2ccccc2)CC1. The van der Waals surface area contributed by atoms with E-state index in [1.807, 2.05) is 30.3 Å². The van der Waals surface area contributed by atoms with Crippen LogP contribution in [0, 0.1) is 0 Å². The van der Waals surface area contributed by atoms with Crippen LogP contribution in [0.5, 0.6) is 0 Å². The molecule has 1 saturated heterocycles. The number of rotatable bonds is 3. The molecule has 5 nitrogen and oxygen atoms in total. The van der Waals surface area contributed by atoms with Crippen molar-refractivity contribution in [2.75, 3.05) is 18.4 Å². The van der Waals surface area contributed by atoms with Gasteiger partial charge in [0.2, 0.25) is 0 Å². The molecule has 1 aromatic carbocycles. The van der Waals surface area contributed by atoms with Gasteiger partial charge in [0.25, 0.3) is 10.2 Å². The summed E-state index contributed by atoms with van der Waals surface area (Å²) in [7, 11) is -3.52. The number of nitrogens with two attached hydrogens (primary N) is 1. The standard InChI is InChI=1S/C11H17N3O2S/c12-17(15,16)14-8-6-11(7-9-14)13-10-4-2-1-3-5-10/h1-5,11,13H,6-9H2,(H2,12,15,16). The molecule has 0 bridgehead atoms. The predicted molar refractivity (Wildman–Crippen MR) is 67.8 cm³/mol. The fourth-order valence-corrected chi connectivity index (χ4v) is 2.74. The highest BCUT2D eigenvalue weighted by Gasteiger charge is 2.24. The first kappa shape index (κ1) is 12.3. The van der Waals surface area contributed by atoms with Crippen LogP contribution in [-0.2, 0) is 10.2 Å². The zero-order chi connectivity index (χ0) is 12.3. The Hall–Kier alpha value is -1.11. The number of hydrogen-bond donors (Lipinski definition) is 2. The smallest absolute Gasteiger partial charge is 0.276 e. The van der Waals surface area contributed by atoms with Gasteiger partial charge in [-0.05, 0) is 25.0 Å². The van der Waals surface area contributed by atoms with E-state index in [1.54, 1.807) is 0 Å². The second-order valence-corrected chi connectivity index (χ2v) is 5.77. The Labute approximate surface area is 102 Å². The van der Waals surface area contributed by atoms with Gasteiger partial charge in [-0.15, -0.1) is 0 Å². The highest BCUT2D eigenvalue weighted by Crippen LogP contribution is 2.17. The molecule has 0 atom stereocenters. The van der Waals surface area contributed by atoms with Crippen molar-refractivity contribution in [1.82, 2.24) is 4.31 Å². The lowest BCUT2D eigenvalue weighted by Gasteiger charge is -2.30. The third kappa shape index (κ3) is 3.42. The van der Waals surface area contributed by atoms with Crippen molar-refractivity contribution >= 4 is 15.9 Å². The van der Waals surface area contributed by atoms with E-state index in [0.29, 0.717) is 19.1 Å². The average molecular weight is 255 g/mol. The van der Waals surface area contributed by atoms with Crippen molar-refractivity contribution < 1.29 is 8.42 Å². The highest BCUT2D eigenvalue weighted by atomic mass is 32.2. The van der Waals surface area contributed by atoms with Gasteiger partial charge in [0.15, 0.2) is 0 Å². The summed E-state index contributed by atoms with van der Waals surface area (Å²) in [6.07, 6.45) is 1.57. The molecule has 6 heteroatoms. The average Bonchev–Trinajstić information content (AvgIpc) is 2.30. The second kappa shape index (κ2) is 5.03. The highest BCUT2D eigenvalue weighted by molar-refractivity contribution is 7.86. The molecule has 17 heavy (non-hydrogen) atoms. The van der Waals surface area contributed by atoms with Crippen molar-refractivity contribution in [1.29, 1.82) is 0 Å². The fraction of sp³-hybridized carbons (Fsp3) is 0.455. The number of piperidine rings is 1. The number of benzene rings is 1. The van der Waals surface area contributed by atoms with Crippen LogP contribution < -0.4 is 10.5 Å². The molecule has 0 spiro atoms. The Morgan fingerprint density at radius 2 is 1.76 bits per heavy atom. The topological polar surface area (TPSA) is 75.4 Å². The monoisotopic (exact) mass is 255 g/mol. The maximum Gasteiger partial charge on any atom is 0.276 e. The molecule has 0 amide bonds. The quantitative estimate of drug-likeness (QED) is 0.837. The van der Waals surface area contributed by atoms with E-state index < -0.39 is 10.2 Å². The maximum atomic E-state index is 11.1. The van der Waals surface area contributed by atoms with Crippen LogP contribution in [0.1, 0.15) is 12.8 Å². The number of anilines is 1. The normalized spacial score (nSPS) is 19.1. The molecule has 1 aromatic rings. The molecule has 0 aromatic heterocycles. The fourth-order valence-electron chi connectivity index (χ4n) is 2.02. The molecule has 1 aliphatic rings. The zero-order valence-electron chi connectivity index (χ0n) is 9.54. The lowest BCUT2D eigenvalue weighted by molar-refractivity contribution is 0.330. The number of nitrogens with zero attached hydrogens (tertiary/aromatic N) is 1. The summed E-state index contributed by atoms with van der Waals surface area (Å²) in [5, 5.41) is 8.48. The third-order valence-corrected chi connectivity index (χ3v) is 4.04. The first-order chi connectivity index (χ1) is 8.05. The van der Waals surface area contributed by atoms with Crippen LogP contribution in [0.2, 0.25) is 0 Å². The molecule has 1 aliphatic heterocycles. The predicted octanol–water partition coefficient (Wildman–Crippen LogP) is 0.766. The molecule has 94 valence electrons. The van der Waals surface area contributed by atoms with Crippen molar-refractivity contribution in [2.45, 2.75) is 18.9 Å². The number of para-hydroxylation sites is 1. The minimum atomic E-state index is -3.52. The number of hydrogen-bond acceptors (Lipinski definition) is 3. The van der Waals surface area contributed by atoms with E-state index in [9.17, 15) is 8.42 Å². The van der Waals surface area contributed by atoms with E-state index in [4.69, 9.17) is 5.14 Å². The lowest BCUT2D eigenvalue weighted by atomic mass is 10.1. The summed E-state index contributed by atoms with van der Waals surface area (Å²) in [6, 6.07) is 10.2. The van der Waals surface area contributed by atoms with E-state index in [2.05, 4.69) is 5.32 Å². The molecule has 2 rings (SSSR count). The van der Waals surface area contributed by atoms with Crippen molar-refractivity contribution in [3.8, 4) is 0 Å². The lowest BCUT2D eigenvalue weighted by Crippen LogP contribution is -2.45. The van der Waals surface area contributed by atoms with Crippen molar-refractivity contribution in [2.24, 2.45) is 5.14 Å². The first-order valence-electron chi connectivity index (χ1n) is 5.65. The van der Waals surface area contributed by atoms with Crippen LogP contribution in [0.25, 0.3) is 0 Å². The minimum Gasteiger partial charge on any atom is -0.382 e. The largest absolute Gasteiger partial charge is 0.382 e. The van der Waals surface area contributed by atoms with Crippen LogP contribution in [0.4, 0.5) is 5.69 Å². The molecule has 1 fully saturated rings. The van der Waals surface area contributed by atoms with Gasteiger partial charge in [-0.1, -0.05) is 18.2 Å². The van der Waals surface area contributed by atoms with Crippen LogP contribution in [0.15, 0.2) is 30.3 Å². The van der Waals surface area contributed by atoms with Crippen LogP contribution in [-0.4, -0.2) is 31.9 Å².